The van der Waals surface area contributed by atoms with Crippen LogP contribution in [0.25, 0.3) is 0 Å². The molecule has 0 aromatic heterocycles. The third-order valence-electron chi connectivity index (χ3n) is 5.60. The molecule has 1 aliphatic carbocycles. The fourth-order valence-electron chi connectivity index (χ4n) is 4.19. The summed E-state index contributed by atoms with van der Waals surface area (Å²) in [7, 11) is 0. The number of ketones is 1. The van der Waals surface area contributed by atoms with Crippen molar-refractivity contribution >= 4 is 11.8 Å². The van der Waals surface area contributed by atoms with E-state index in [1.807, 2.05) is 38.1 Å². The molecule has 1 atom stereocenters. The van der Waals surface area contributed by atoms with E-state index >= 15 is 0 Å². The second kappa shape index (κ2) is 7.94. The number of benzene rings is 1. The third kappa shape index (κ3) is 4.06. The van der Waals surface area contributed by atoms with Gasteiger partial charge in [0.25, 0.3) is 0 Å². The van der Waals surface area contributed by atoms with E-state index in [1.54, 1.807) is 0 Å². The van der Waals surface area contributed by atoms with Crippen molar-refractivity contribution < 1.29 is 14.3 Å². The number of rotatable bonds is 5. The Morgan fingerprint density at radius 3 is 2.50 bits per heavy atom. The normalized spacial score (nSPS) is 21.3. The van der Waals surface area contributed by atoms with Crippen LogP contribution < -0.4 is 5.32 Å². The van der Waals surface area contributed by atoms with Gasteiger partial charge in [0.1, 0.15) is 0 Å². The monoisotopic (exact) mass is 381 g/mol. The van der Waals surface area contributed by atoms with E-state index in [9.17, 15) is 9.59 Å². The lowest BCUT2D eigenvalue weighted by Gasteiger charge is -2.39. The zero-order valence-electron chi connectivity index (χ0n) is 17.6. The molecule has 4 heteroatoms. The zero-order valence-corrected chi connectivity index (χ0v) is 17.6. The molecular formula is C24H31NO3. The van der Waals surface area contributed by atoms with E-state index in [0.717, 1.165) is 47.4 Å². The summed E-state index contributed by atoms with van der Waals surface area (Å²) in [5.41, 5.74) is 5.07. The highest BCUT2D eigenvalue weighted by Gasteiger charge is 2.43. The van der Waals surface area contributed by atoms with Crippen LogP contribution in [0.3, 0.4) is 0 Å². The molecule has 2 aliphatic rings. The molecule has 0 saturated heterocycles. The molecule has 0 fully saturated rings. The van der Waals surface area contributed by atoms with Crippen LogP contribution in [0.4, 0.5) is 0 Å². The Morgan fingerprint density at radius 2 is 1.86 bits per heavy atom. The average molecular weight is 382 g/mol. The van der Waals surface area contributed by atoms with Gasteiger partial charge in [0.15, 0.2) is 5.78 Å². The van der Waals surface area contributed by atoms with Crippen LogP contribution in [-0.2, 0) is 14.3 Å². The van der Waals surface area contributed by atoms with E-state index in [4.69, 9.17) is 4.74 Å². The molecule has 1 heterocycles. The van der Waals surface area contributed by atoms with Gasteiger partial charge in [-0.15, -0.1) is 0 Å². The minimum absolute atomic E-state index is 0.0832. The molecule has 1 aromatic carbocycles. The van der Waals surface area contributed by atoms with Crippen LogP contribution in [0, 0.1) is 12.3 Å². The number of carbonyl (C=O) groups excluding carboxylic acids is 2. The van der Waals surface area contributed by atoms with Gasteiger partial charge in [0, 0.05) is 29.3 Å². The Balaban J connectivity index is 2.07. The smallest absolute Gasteiger partial charge is 0.336 e. The average Bonchev–Trinajstić information content (AvgIpc) is 2.60. The van der Waals surface area contributed by atoms with Crippen molar-refractivity contribution in [1.29, 1.82) is 0 Å². The first-order valence-corrected chi connectivity index (χ1v) is 10.2. The van der Waals surface area contributed by atoms with E-state index in [1.165, 1.54) is 0 Å². The minimum atomic E-state index is -0.366. The quantitative estimate of drug-likeness (QED) is 0.580. The third-order valence-corrected chi connectivity index (χ3v) is 5.60. The summed E-state index contributed by atoms with van der Waals surface area (Å²) in [5, 5.41) is 3.37. The highest BCUT2D eigenvalue weighted by Crippen LogP contribution is 2.46. The number of esters is 1. The first-order valence-electron chi connectivity index (χ1n) is 10.2. The van der Waals surface area contributed by atoms with E-state index in [-0.39, 0.29) is 23.1 Å². The predicted octanol–water partition coefficient (Wildman–Crippen LogP) is 4.94. The van der Waals surface area contributed by atoms with Gasteiger partial charge < -0.3 is 10.1 Å². The number of hydrogen-bond donors (Lipinski definition) is 1. The summed E-state index contributed by atoms with van der Waals surface area (Å²) in [6, 6.07) is 8.11. The van der Waals surface area contributed by atoms with Gasteiger partial charge >= 0.3 is 5.97 Å². The second-order valence-corrected chi connectivity index (χ2v) is 8.83. The number of unbranched alkanes of at least 4 members (excludes halogenated alkanes) is 1. The molecule has 1 aliphatic heterocycles. The highest BCUT2D eigenvalue weighted by atomic mass is 16.5. The largest absolute Gasteiger partial charge is 0.462 e. The van der Waals surface area contributed by atoms with E-state index in [2.05, 4.69) is 26.1 Å². The first-order chi connectivity index (χ1) is 13.2. The fraction of sp³-hybridized carbons (Fsp3) is 0.500. The standard InChI is InChI=1S/C24H31NO3/c1-6-7-12-28-23(27)20-16(3)25-18-13-24(4,5)14-19(26)22(18)21(20)17-10-8-15(2)9-11-17/h8-11,21,25H,6-7,12-14H2,1-5H3. The Kier molecular flexibility index (Phi) is 5.78. The molecular weight excluding hydrogens is 350 g/mol. The maximum atomic E-state index is 13.2. The number of dihydropyridines is 1. The predicted molar refractivity (Wildman–Crippen MR) is 111 cm³/mol. The lowest BCUT2D eigenvalue weighted by atomic mass is 9.68. The van der Waals surface area contributed by atoms with Crippen LogP contribution >= 0.6 is 0 Å². The number of carbonyl (C=O) groups is 2. The van der Waals surface area contributed by atoms with Gasteiger partial charge in [-0.2, -0.15) is 0 Å². The summed E-state index contributed by atoms with van der Waals surface area (Å²) in [6.07, 6.45) is 3.09. The van der Waals surface area contributed by atoms with Crippen LogP contribution in [0.15, 0.2) is 46.8 Å². The van der Waals surface area contributed by atoms with Crippen molar-refractivity contribution in [2.24, 2.45) is 5.41 Å². The molecule has 0 bridgehead atoms. The number of ether oxygens (including phenoxy) is 1. The summed E-state index contributed by atoms with van der Waals surface area (Å²) in [5.74, 6) is -0.571. The zero-order chi connectivity index (χ0) is 20.5. The van der Waals surface area contributed by atoms with Crippen molar-refractivity contribution in [2.75, 3.05) is 6.61 Å². The second-order valence-electron chi connectivity index (χ2n) is 8.83. The van der Waals surface area contributed by atoms with Crippen molar-refractivity contribution in [1.82, 2.24) is 5.32 Å². The van der Waals surface area contributed by atoms with Crippen molar-refractivity contribution in [3.63, 3.8) is 0 Å². The van der Waals surface area contributed by atoms with Gasteiger partial charge in [-0.05, 0) is 37.7 Å². The van der Waals surface area contributed by atoms with Crippen LogP contribution in [0.2, 0.25) is 0 Å². The molecule has 0 radical (unpaired) electrons. The van der Waals surface area contributed by atoms with Crippen LogP contribution in [0.5, 0.6) is 0 Å². The van der Waals surface area contributed by atoms with Gasteiger partial charge in [0.05, 0.1) is 12.2 Å². The fourth-order valence-corrected chi connectivity index (χ4v) is 4.19. The lowest BCUT2D eigenvalue weighted by Crippen LogP contribution is -2.38. The lowest BCUT2D eigenvalue weighted by molar-refractivity contribution is -0.139. The summed E-state index contributed by atoms with van der Waals surface area (Å²) in [4.78, 5) is 26.1. The molecule has 1 aromatic rings. The molecule has 3 rings (SSSR count). The minimum Gasteiger partial charge on any atom is -0.462 e. The van der Waals surface area contributed by atoms with Gasteiger partial charge in [0.2, 0.25) is 0 Å². The number of allylic oxidation sites excluding steroid dienone is 3. The Morgan fingerprint density at radius 1 is 1.18 bits per heavy atom. The van der Waals surface area contributed by atoms with Crippen molar-refractivity contribution in [3.05, 3.63) is 57.9 Å². The van der Waals surface area contributed by atoms with E-state index in [0.29, 0.717) is 18.6 Å². The van der Waals surface area contributed by atoms with Gasteiger partial charge in [-0.1, -0.05) is 57.0 Å². The van der Waals surface area contributed by atoms with Crippen molar-refractivity contribution in [2.45, 2.75) is 66.2 Å². The molecule has 0 spiro atoms. The van der Waals surface area contributed by atoms with Crippen LogP contribution in [0.1, 0.15) is 70.4 Å². The topological polar surface area (TPSA) is 55.4 Å². The Hall–Kier alpha value is -2.36. The number of hydrogen-bond acceptors (Lipinski definition) is 4. The molecule has 28 heavy (non-hydrogen) atoms. The summed E-state index contributed by atoms with van der Waals surface area (Å²) < 4.78 is 5.55. The van der Waals surface area contributed by atoms with E-state index < -0.39 is 0 Å². The SMILES string of the molecule is CCCCOC(=O)C1=C(C)NC2=C(C(=O)CC(C)(C)C2)C1c1ccc(C)cc1. The Bertz CT molecular complexity index is 843. The number of aryl methyl sites for hydroxylation is 1. The summed E-state index contributed by atoms with van der Waals surface area (Å²) >= 11 is 0. The molecule has 1 unspecified atom stereocenters. The molecule has 1 N–H and O–H groups in total. The van der Waals surface area contributed by atoms with Gasteiger partial charge in [-0.25, -0.2) is 4.79 Å². The Labute approximate surface area is 168 Å². The highest BCUT2D eigenvalue weighted by molar-refractivity contribution is 6.04. The van der Waals surface area contributed by atoms with Crippen molar-refractivity contribution in [3.8, 4) is 0 Å². The maximum Gasteiger partial charge on any atom is 0.336 e. The molecule has 0 amide bonds. The number of Topliss-reactive ketones (excluding diaryl/α,β-unsaturated/α-hetero) is 1. The molecule has 150 valence electrons. The summed E-state index contributed by atoms with van der Waals surface area (Å²) in [6.45, 7) is 10.6. The van der Waals surface area contributed by atoms with Gasteiger partial charge in [-0.3, -0.25) is 4.79 Å². The molecule has 0 saturated carbocycles. The number of nitrogens with one attached hydrogen (secondary N) is 1. The molecule has 4 nitrogen and oxygen atoms in total. The first kappa shape index (κ1) is 20.4. The maximum absolute atomic E-state index is 13.2. The van der Waals surface area contributed by atoms with Crippen LogP contribution in [-0.4, -0.2) is 18.4 Å².